The van der Waals surface area contributed by atoms with Crippen LogP contribution in [0.25, 0.3) is 11.1 Å². The quantitative estimate of drug-likeness (QED) is 0.725. The Balaban J connectivity index is 1.97. The minimum atomic E-state index is -4.29. The molecule has 122 valence electrons. The number of fused-ring (bicyclic) bond motifs is 1. The van der Waals surface area contributed by atoms with Crippen molar-refractivity contribution < 1.29 is 13.2 Å². The third-order valence-electron chi connectivity index (χ3n) is 4.60. The summed E-state index contributed by atoms with van der Waals surface area (Å²) in [5, 5.41) is 0. The predicted molar refractivity (Wildman–Crippen MR) is 86.2 cm³/mol. The van der Waals surface area contributed by atoms with Gasteiger partial charge in [0, 0.05) is 6.04 Å². The summed E-state index contributed by atoms with van der Waals surface area (Å²) in [6.45, 7) is 0. The van der Waals surface area contributed by atoms with Crippen molar-refractivity contribution in [3.8, 4) is 11.1 Å². The average molecular weight is 319 g/mol. The Hall–Kier alpha value is -1.81. The number of nitrogens with zero attached hydrogens (tertiary/aromatic N) is 1. The molecule has 3 rings (SSSR count). The maximum atomic E-state index is 12.7. The van der Waals surface area contributed by atoms with E-state index in [2.05, 4.69) is 31.1 Å². The first-order valence-electron chi connectivity index (χ1n) is 7.83. The summed E-state index contributed by atoms with van der Waals surface area (Å²) >= 11 is 0. The first-order chi connectivity index (χ1) is 10.9. The minimum absolute atomic E-state index is 0.383. The first kappa shape index (κ1) is 16.1. The summed E-state index contributed by atoms with van der Waals surface area (Å²) in [5.41, 5.74) is 3.85. The van der Waals surface area contributed by atoms with Gasteiger partial charge in [-0.3, -0.25) is 0 Å². The van der Waals surface area contributed by atoms with Gasteiger partial charge in [0.1, 0.15) is 0 Å². The van der Waals surface area contributed by atoms with Crippen molar-refractivity contribution in [1.82, 2.24) is 4.90 Å². The van der Waals surface area contributed by atoms with Crippen molar-refractivity contribution >= 4 is 0 Å². The zero-order valence-corrected chi connectivity index (χ0v) is 13.3. The van der Waals surface area contributed by atoms with Crippen molar-refractivity contribution in [2.24, 2.45) is 0 Å². The van der Waals surface area contributed by atoms with E-state index in [0.29, 0.717) is 6.04 Å². The van der Waals surface area contributed by atoms with Gasteiger partial charge in [0.25, 0.3) is 0 Å². The standard InChI is InChI=1S/C19H20F3N/c1-23(2)18-5-3-4-14-6-7-15(12-17(14)18)13-8-10-16(11-9-13)19(20,21)22/h6-12,18H,3-5H2,1-2H3. The van der Waals surface area contributed by atoms with E-state index < -0.39 is 11.7 Å². The fraction of sp³-hybridized carbons (Fsp3) is 0.368. The molecular weight excluding hydrogens is 299 g/mol. The molecule has 0 bridgehead atoms. The lowest BCUT2D eigenvalue weighted by molar-refractivity contribution is -0.137. The highest BCUT2D eigenvalue weighted by Gasteiger charge is 2.30. The van der Waals surface area contributed by atoms with Gasteiger partial charge in [0.05, 0.1) is 5.56 Å². The Labute approximate surface area is 134 Å². The van der Waals surface area contributed by atoms with E-state index in [9.17, 15) is 13.2 Å². The van der Waals surface area contributed by atoms with E-state index in [1.165, 1.54) is 17.5 Å². The third kappa shape index (κ3) is 3.27. The van der Waals surface area contributed by atoms with Crippen LogP contribution in [-0.4, -0.2) is 19.0 Å². The molecule has 2 aromatic carbocycles. The number of hydrogen-bond acceptors (Lipinski definition) is 1. The minimum Gasteiger partial charge on any atom is -0.302 e. The van der Waals surface area contributed by atoms with Crippen molar-refractivity contribution in [1.29, 1.82) is 0 Å². The lowest BCUT2D eigenvalue weighted by Crippen LogP contribution is -2.24. The number of halogens is 3. The highest BCUT2D eigenvalue weighted by atomic mass is 19.4. The van der Waals surface area contributed by atoms with Crippen molar-refractivity contribution in [3.63, 3.8) is 0 Å². The zero-order valence-electron chi connectivity index (χ0n) is 13.3. The molecule has 0 aromatic heterocycles. The summed E-state index contributed by atoms with van der Waals surface area (Å²) in [7, 11) is 4.15. The molecule has 0 amide bonds. The molecule has 0 heterocycles. The second kappa shape index (κ2) is 6.00. The van der Waals surface area contributed by atoms with Crippen LogP contribution in [0.5, 0.6) is 0 Å². The Morgan fingerprint density at radius 3 is 2.22 bits per heavy atom. The number of aryl methyl sites for hydroxylation is 1. The second-order valence-electron chi connectivity index (χ2n) is 6.36. The monoisotopic (exact) mass is 319 g/mol. The van der Waals surface area contributed by atoms with Gasteiger partial charge in [-0.05, 0) is 73.8 Å². The Morgan fingerprint density at radius 2 is 1.61 bits per heavy atom. The largest absolute Gasteiger partial charge is 0.416 e. The van der Waals surface area contributed by atoms with Gasteiger partial charge in [-0.1, -0.05) is 24.3 Å². The Morgan fingerprint density at radius 1 is 0.957 bits per heavy atom. The number of alkyl halides is 3. The zero-order chi connectivity index (χ0) is 16.6. The molecule has 23 heavy (non-hydrogen) atoms. The van der Waals surface area contributed by atoms with Gasteiger partial charge in [0.15, 0.2) is 0 Å². The molecule has 0 N–H and O–H groups in total. The lowest BCUT2D eigenvalue weighted by Gasteiger charge is -2.31. The molecule has 1 aliphatic carbocycles. The first-order valence-corrected chi connectivity index (χ1v) is 7.83. The molecule has 1 atom stereocenters. The van der Waals surface area contributed by atoms with E-state index in [4.69, 9.17) is 0 Å². The van der Waals surface area contributed by atoms with Gasteiger partial charge < -0.3 is 4.90 Å². The van der Waals surface area contributed by atoms with Crippen LogP contribution in [0.15, 0.2) is 42.5 Å². The van der Waals surface area contributed by atoms with Crippen molar-refractivity contribution in [3.05, 3.63) is 59.2 Å². The van der Waals surface area contributed by atoms with Gasteiger partial charge in [-0.25, -0.2) is 0 Å². The predicted octanol–water partition coefficient (Wildman–Crippen LogP) is 5.31. The molecular formula is C19H20F3N. The average Bonchev–Trinajstić information content (AvgIpc) is 2.53. The van der Waals surface area contributed by atoms with Crippen molar-refractivity contribution in [2.45, 2.75) is 31.5 Å². The Bertz CT molecular complexity index is 687. The maximum Gasteiger partial charge on any atom is 0.416 e. The molecule has 1 nitrogen and oxygen atoms in total. The molecule has 1 aliphatic rings. The van der Waals surface area contributed by atoms with Gasteiger partial charge in [-0.15, -0.1) is 0 Å². The molecule has 0 spiro atoms. The second-order valence-corrected chi connectivity index (χ2v) is 6.36. The summed E-state index contributed by atoms with van der Waals surface area (Å²) < 4.78 is 38.0. The van der Waals surface area contributed by atoms with Crippen molar-refractivity contribution in [2.75, 3.05) is 14.1 Å². The van der Waals surface area contributed by atoms with Gasteiger partial charge in [-0.2, -0.15) is 13.2 Å². The fourth-order valence-electron chi connectivity index (χ4n) is 3.34. The highest BCUT2D eigenvalue weighted by Crippen LogP contribution is 2.36. The summed E-state index contributed by atoms with van der Waals surface area (Å²) in [4.78, 5) is 2.22. The van der Waals surface area contributed by atoms with Crippen LogP contribution < -0.4 is 0 Å². The van der Waals surface area contributed by atoms with Crippen LogP contribution in [0.4, 0.5) is 13.2 Å². The molecule has 4 heteroatoms. The molecule has 1 unspecified atom stereocenters. The van der Waals surface area contributed by atoms with Crippen LogP contribution in [0.3, 0.4) is 0 Å². The lowest BCUT2D eigenvalue weighted by atomic mass is 9.85. The molecule has 0 saturated carbocycles. The van der Waals surface area contributed by atoms with Crippen LogP contribution >= 0.6 is 0 Å². The summed E-state index contributed by atoms with van der Waals surface area (Å²) in [5.74, 6) is 0. The molecule has 0 saturated heterocycles. The number of rotatable bonds is 2. The van der Waals surface area contributed by atoms with E-state index in [1.54, 1.807) is 12.1 Å². The summed E-state index contributed by atoms with van der Waals surface area (Å²) in [6, 6.07) is 12.1. The molecule has 0 fully saturated rings. The number of hydrogen-bond donors (Lipinski definition) is 0. The summed E-state index contributed by atoms with van der Waals surface area (Å²) in [6.07, 6.45) is -0.913. The highest BCUT2D eigenvalue weighted by molar-refractivity contribution is 5.65. The van der Waals surface area contributed by atoms with Gasteiger partial charge in [0.2, 0.25) is 0 Å². The third-order valence-corrected chi connectivity index (χ3v) is 4.60. The van der Waals surface area contributed by atoms with Crippen LogP contribution in [-0.2, 0) is 12.6 Å². The maximum absolute atomic E-state index is 12.7. The SMILES string of the molecule is CN(C)C1CCCc2ccc(-c3ccc(C(F)(F)F)cc3)cc21. The molecule has 0 radical (unpaired) electrons. The Kier molecular flexibility index (Phi) is 4.19. The number of benzene rings is 2. The van der Waals surface area contributed by atoms with Crippen LogP contribution in [0, 0.1) is 0 Å². The molecule has 0 aliphatic heterocycles. The van der Waals surface area contributed by atoms with E-state index in [-0.39, 0.29) is 0 Å². The van der Waals surface area contributed by atoms with Gasteiger partial charge >= 0.3 is 6.18 Å². The van der Waals surface area contributed by atoms with Crippen LogP contribution in [0.2, 0.25) is 0 Å². The van der Waals surface area contributed by atoms with Crippen LogP contribution in [0.1, 0.15) is 35.6 Å². The topological polar surface area (TPSA) is 3.24 Å². The normalized spacial score (nSPS) is 18.1. The van der Waals surface area contributed by atoms with E-state index in [0.717, 1.165) is 36.1 Å². The fourth-order valence-corrected chi connectivity index (χ4v) is 3.34. The molecule has 2 aromatic rings. The smallest absolute Gasteiger partial charge is 0.302 e. The van der Waals surface area contributed by atoms with E-state index >= 15 is 0 Å². The van der Waals surface area contributed by atoms with E-state index in [1.807, 2.05) is 6.07 Å².